The van der Waals surface area contributed by atoms with E-state index in [4.69, 9.17) is 4.74 Å². The van der Waals surface area contributed by atoms with Crippen LogP contribution in [-0.4, -0.2) is 18.4 Å². The standard InChI is InChI=1S/C18H16O3/c1-2-21-18(20)16-10-9-15(17(16)19)14-8-7-12-5-3-4-6-13(12)11-14/h3-9,11,16H,2,10H2,1H3. The molecule has 0 N–H and O–H groups in total. The minimum atomic E-state index is -0.675. The minimum absolute atomic E-state index is 0.135. The van der Waals surface area contributed by atoms with Crippen molar-refractivity contribution in [2.24, 2.45) is 5.92 Å². The maximum Gasteiger partial charge on any atom is 0.317 e. The lowest BCUT2D eigenvalue weighted by Crippen LogP contribution is -2.22. The Morgan fingerprint density at radius 2 is 1.95 bits per heavy atom. The van der Waals surface area contributed by atoms with Gasteiger partial charge in [0.1, 0.15) is 5.92 Å². The fraction of sp³-hybridized carbons (Fsp3) is 0.222. The Balaban J connectivity index is 1.90. The molecule has 0 fully saturated rings. The number of ether oxygens (including phenoxy) is 1. The molecule has 0 saturated carbocycles. The highest BCUT2D eigenvalue weighted by atomic mass is 16.5. The molecule has 2 aromatic carbocycles. The van der Waals surface area contributed by atoms with Crippen molar-refractivity contribution in [2.75, 3.05) is 6.61 Å². The maximum atomic E-state index is 12.4. The lowest BCUT2D eigenvalue weighted by molar-refractivity contribution is -0.149. The minimum Gasteiger partial charge on any atom is -0.465 e. The third-order valence-electron chi connectivity index (χ3n) is 3.77. The van der Waals surface area contributed by atoms with Gasteiger partial charge in [-0.2, -0.15) is 0 Å². The number of allylic oxidation sites excluding steroid dienone is 2. The van der Waals surface area contributed by atoms with Crippen LogP contribution in [0.25, 0.3) is 16.3 Å². The van der Waals surface area contributed by atoms with Gasteiger partial charge in [0, 0.05) is 5.57 Å². The second-order valence-electron chi connectivity index (χ2n) is 5.08. The van der Waals surface area contributed by atoms with E-state index in [9.17, 15) is 9.59 Å². The van der Waals surface area contributed by atoms with Crippen LogP contribution < -0.4 is 0 Å². The summed E-state index contributed by atoms with van der Waals surface area (Å²) in [6, 6.07) is 13.9. The number of esters is 1. The molecule has 0 amide bonds. The molecule has 21 heavy (non-hydrogen) atoms. The average Bonchev–Trinajstić information content (AvgIpc) is 2.89. The highest BCUT2D eigenvalue weighted by Gasteiger charge is 2.34. The van der Waals surface area contributed by atoms with Crippen molar-refractivity contribution in [3.8, 4) is 0 Å². The van der Waals surface area contributed by atoms with Crippen molar-refractivity contribution in [2.45, 2.75) is 13.3 Å². The van der Waals surface area contributed by atoms with Crippen molar-refractivity contribution in [1.29, 1.82) is 0 Å². The Labute approximate surface area is 123 Å². The number of fused-ring (bicyclic) bond motifs is 1. The fourth-order valence-electron chi connectivity index (χ4n) is 2.69. The van der Waals surface area contributed by atoms with Gasteiger partial charge in [-0.15, -0.1) is 0 Å². The van der Waals surface area contributed by atoms with E-state index in [1.54, 1.807) is 6.92 Å². The van der Waals surface area contributed by atoms with Gasteiger partial charge in [-0.3, -0.25) is 9.59 Å². The Hall–Kier alpha value is -2.42. The predicted molar refractivity (Wildman–Crippen MR) is 81.7 cm³/mol. The summed E-state index contributed by atoms with van der Waals surface area (Å²) in [4.78, 5) is 24.2. The molecule has 1 atom stereocenters. The Bertz CT molecular complexity index is 743. The van der Waals surface area contributed by atoms with E-state index in [0.717, 1.165) is 16.3 Å². The van der Waals surface area contributed by atoms with Gasteiger partial charge in [-0.05, 0) is 35.7 Å². The Kier molecular flexibility index (Phi) is 3.57. The summed E-state index contributed by atoms with van der Waals surface area (Å²) in [7, 11) is 0. The number of Topliss-reactive ketones (excluding diaryl/α,β-unsaturated/α-hetero) is 1. The molecule has 0 radical (unpaired) electrons. The van der Waals surface area contributed by atoms with Gasteiger partial charge in [0.05, 0.1) is 6.61 Å². The number of carbonyl (C=O) groups is 2. The summed E-state index contributed by atoms with van der Waals surface area (Å²) in [5.41, 5.74) is 1.49. The van der Waals surface area contributed by atoms with Crippen LogP contribution in [0.15, 0.2) is 48.5 Å². The molecule has 0 heterocycles. The number of benzene rings is 2. The SMILES string of the molecule is CCOC(=O)C1CC=C(c2ccc3ccccc3c2)C1=O. The van der Waals surface area contributed by atoms with Crippen molar-refractivity contribution < 1.29 is 14.3 Å². The van der Waals surface area contributed by atoms with Gasteiger partial charge in [0.15, 0.2) is 5.78 Å². The van der Waals surface area contributed by atoms with E-state index < -0.39 is 11.9 Å². The predicted octanol–water partition coefficient (Wildman–Crippen LogP) is 3.38. The third-order valence-corrected chi connectivity index (χ3v) is 3.77. The van der Waals surface area contributed by atoms with Crippen LogP contribution in [0.5, 0.6) is 0 Å². The summed E-state index contributed by atoms with van der Waals surface area (Å²) in [6.45, 7) is 2.04. The monoisotopic (exact) mass is 280 g/mol. The Morgan fingerprint density at radius 1 is 1.19 bits per heavy atom. The quantitative estimate of drug-likeness (QED) is 0.639. The molecule has 0 aromatic heterocycles. The van der Waals surface area contributed by atoms with Gasteiger partial charge in [0.2, 0.25) is 0 Å². The molecule has 3 nitrogen and oxygen atoms in total. The largest absolute Gasteiger partial charge is 0.465 e. The third kappa shape index (κ3) is 2.47. The first kappa shape index (κ1) is 13.6. The second-order valence-corrected chi connectivity index (χ2v) is 5.08. The van der Waals surface area contributed by atoms with Crippen LogP contribution in [0.3, 0.4) is 0 Å². The summed E-state index contributed by atoms with van der Waals surface area (Å²) in [5.74, 6) is -1.23. The van der Waals surface area contributed by atoms with Crippen LogP contribution in [0.1, 0.15) is 18.9 Å². The summed E-state index contributed by atoms with van der Waals surface area (Å²) in [6.07, 6.45) is 2.27. The molecule has 3 rings (SSSR count). The first-order valence-corrected chi connectivity index (χ1v) is 7.11. The topological polar surface area (TPSA) is 43.4 Å². The summed E-state index contributed by atoms with van der Waals surface area (Å²) >= 11 is 0. The normalized spacial score (nSPS) is 17.9. The zero-order valence-electron chi connectivity index (χ0n) is 11.8. The first-order chi connectivity index (χ1) is 10.2. The van der Waals surface area contributed by atoms with Crippen molar-refractivity contribution >= 4 is 28.1 Å². The maximum absolute atomic E-state index is 12.4. The molecule has 3 heteroatoms. The molecule has 0 bridgehead atoms. The van der Waals surface area contributed by atoms with E-state index in [-0.39, 0.29) is 5.78 Å². The van der Waals surface area contributed by atoms with E-state index in [2.05, 4.69) is 0 Å². The van der Waals surface area contributed by atoms with Gasteiger partial charge in [-0.1, -0.05) is 42.5 Å². The zero-order chi connectivity index (χ0) is 14.8. The van der Waals surface area contributed by atoms with Crippen LogP contribution >= 0.6 is 0 Å². The molecular weight excluding hydrogens is 264 g/mol. The molecule has 0 saturated heterocycles. The molecule has 0 spiro atoms. The van der Waals surface area contributed by atoms with Gasteiger partial charge in [-0.25, -0.2) is 0 Å². The van der Waals surface area contributed by atoms with Crippen molar-refractivity contribution in [1.82, 2.24) is 0 Å². The smallest absolute Gasteiger partial charge is 0.317 e. The van der Waals surface area contributed by atoms with E-state index in [1.807, 2.05) is 48.5 Å². The van der Waals surface area contributed by atoms with Crippen molar-refractivity contribution in [3.63, 3.8) is 0 Å². The lowest BCUT2D eigenvalue weighted by atomic mass is 9.97. The number of carbonyl (C=O) groups excluding carboxylic acids is 2. The number of rotatable bonds is 3. The molecule has 2 aromatic rings. The molecule has 1 aliphatic carbocycles. The van der Waals surface area contributed by atoms with Crippen molar-refractivity contribution in [3.05, 3.63) is 54.1 Å². The van der Waals surface area contributed by atoms with Gasteiger partial charge >= 0.3 is 5.97 Å². The Morgan fingerprint density at radius 3 is 2.71 bits per heavy atom. The van der Waals surface area contributed by atoms with E-state index in [0.29, 0.717) is 18.6 Å². The van der Waals surface area contributed by atoms with Crippen LogP contribution in [-0.2, 0) is 14.3 Å². The first-order valence-electron chi connectivity index (χ1n) is 7.11. The lowest BCUT2D eigenvalue weighted by Gasteiger charge is -2.09. The molecular formula is C18H16O3. The zero-order valence-corrected chi connectivity index (χ0v) is 11.8. The second kappa shape index (κ2) is 5.52. The van der Waals surface area contributed by atoms with Crippen LogP contribution in [0.4, 0.5) is 0 Å². The molecule has 0 aliphatic heterocycles. The molecule has 1 unspecified atom stereocenters. The molecule has 106 valence electrons. The fourth-order valence-corrected chi connectivity index (χ4v) is 2.69. The highest BCUT2D eigenvalue weighted by Crippen LogP contribution is 2.31. The van der Waals surface area contributed by atoms with Gasteiger partial charge < -0.3 is 4.74 Å². The summed E-state index contributed by atoms with van der Waals surface area (Å²) < 4.78 is 4.96. The number of ketones is 1. The number of hydrogen-bond acceptors (Lipinski definition) is 3. The average molecular weight is 280 g/mol. The van der Waals surface area contributed by atoms with Crippen LogP contribution in [0.2, 0.25) is 0 Å². The highest BCUT2D eigenvalue weighted by molar-refractivity contribution is 6.29. The summed E-state index contributed by atoms with van der Waals surface area (Å²) in [5, 5.41) is 2.22. The van der Waals surface area contributed by atoms with Gasteiger partial charge in [0.25, 0.3) is 0 Å². The van der Waals surface area contributed by atoms with Crippen LogP contribution in [0, 0.1) is 5.92 Å². The van der Waals surface area contributed by atoms with E-state index >= 15 is 0 Å². The molecule has 1 aliphatic rings. The number of hydrogen-bond donors (Lipinski definition) is 0. The van der Waals surface area contributed by atoms with E-state index in [1.165, 1.54) is 0 Å².